The maximum Gasteiger partial charge on any atom is 0.154 e. The van der Waals surface area contributed by atoms with E-state index in [0.717, 1.165) is 45.1 Å². The monoisotopic (exact) mass is 231 g/mol. The first-order chi connectivity index (χ1) is 7.18. The van der Waals surface area contributed by atoms with Crippen LogP contribution in [0.3, 0.4) is 0 Å². The van der Waals surface area contributed by atoms with Gasteiger partial charge in [0.05, 0.1) is 11.0 Å². The zero-order valence-corrected chi connectivity index (χ0v) is 10.1. The van der Waals surface area contributed by atoms with Crippen molar-refractivity contribution in [3.8, 4) is 0 Å². The van der Waals surface area contributed by atoms with E-state index in [1.54, 1.807) is 0 Å². The molecule has 0 aromatic rings. The molecule has 1 saturated carbocycles. The van der Waals surface area contributed by atoms with E-state index in [4.69, 9.17) is 0 Å². The largest absolute Gasteiger partial charge is 0.313 e. The summed E-state index contributed by atoms with van der Waals surface area (Å²) in [7, 11) is -2.83. The summed E-state index contributed by atoms with van der Waals surface area (Å²) >= 11 is 0. The van der Waals surface area contributed by atoms with Gasteiger partial charge in [-0.1, -0.05) is 19.3 Å². The van der Waals surface area contributed by atoms with Crippen molar-refractivity contribution >= 4 is 9.84 Å². The van der Waals surface area contributed by atoms with Gasteiger partial charge in [-0.25, -0.2) is 8.42 Å². The Morgan fingerprint density at radius 1 is 1.00 bits per heavy atom. The van der Waals surface area contributed by atoms with Crippen LogP contribution in [0.1, 0.15) is 44.9 Å². The SMILES string of the molecule is O=S(=O)(C[C@@H]1CCCN1)C1CCCCC1. The molecule has 1 saturated heterocycles. The summed E-state index contributed by atoms with van der Waals surface area (Å²) in [5.41, 5.74) is 0. The van der Waals surface area contributed by atoms with Gasteiger partial charge in [0.1, 0.15) is 0 Å². The van der Waals surface area contributed by atoms with Gasteiger partial charge in [-0.3, -0.25) is 0 Å². The van der Waals surface area contributed by atoms with Crippen LogP contribution in [0, 0.1) is 0 Å². The topological polar surface area (TPSA) is 46.2 Å². The molecule has 1 heterocycles. The first kappa shape index (κ1) is 11.4. The van der Waals surface area contributed by atoms with Crippen LogP contribution in [0.25, 0.3) is 0 Å². The smallest absolute Gasteiger partial charge is 0.154 e. The zero-order valence-electron chi connectivity index (χ0n) is 9.24. The van der Waals surface area contributed by atoms with E-state index in [0.29, 0.717) is 5.75 Å². The van der Waals surface area contributed by atoms with Crippen molar-refractivity contribution in [2.75, 3.05) is 12.3 Å². The number of hydrogen-bond acceptors (Lipinski definition) is 3. The van der Waals surface area contributed by atoms with Gasteiger partial charge in [0, 0.05) is 6.04 Å². The summed E-state index contributed by atoms with van der Waals surface area (Å²) in [6, 6.07) is 0.233. The van der Waals surface area contributed by atoms with Crippen LogP contribution in [0.5, 0.6) is 0 Å². The van der Waals surface area contributed by atoms with Crippen molar-refractivity contribution in [3.05, 3.63) is 0 Å². The van der Waals surface area contributed by atoms with Gasteiger partial charge >= 0.3 is 0 Å². The second kappa shape index (κ2) is 4.83. The number of sulfone groups is 1. The molecule has 0 amide bonds. The number of hydrogen-bond donors (Lipinski definition) is 1. The molecule has 0 aromatic heterocycles. The lowest BCUT2D eigenvalue weighted by molar-refractivity contribution is 0.479. The molecule has 0 radical (unpaired) electrons. The molecule has 0 aromatic carbocycles. The zero-order chi connectivity index (χ0) is 10.7. The van der Waals surface area contributed by atoms with Crippen molar-refractivity contribution in [2.45, 2.75) is 56.2 Å². The lowest BCUT2D eigenvalue weighted by atomic mass is 10.0. The highest BCUT2D eigenvalue weighted by atomic mass is 32.2. The molecule has 2 fully saturated rings. The minimum Gasteiger partial charge on any atom is -0.313 e. The van der Waals surface area contributed by atoms with Crippen molar-refractivity contribution in [3.63, 3.8) is 0 Å². The van der Waals surface area contributed by atoms with Crippen LogP contribution >= 0.6 is 0 Å². The van der Waals surface area contributed by atoms with Crippen LogP contribution in [0.4, 0.5) is 0 Å². The van der Waals surface area contributed by atoms with E-state index in [9.17, 15) is 8.42 Å². The summed E-state index contributed by atoms with van der Waals surface area (Å²) in [5.74, 6) is 0.373. The Morgan fingerprint density at radius 3 is 2.33 bits per heavy atom. The van der Waals surface area contributed by atoms with E-state index in [1.807, 2.05) is 0 Å². The van der Waals surface area contributed by atoms with Gasteiger partial charge in [-0.15, -0.1) is 0 Å². The Morgan fingerprint density at radius 2 is 1.73 bits per heavy atom. The molecule has 2 rings (SSSR count). The molecule has 1 N–H and O–H groups in total. The molecular formula is C11H21NO2S. The fourth-order valence-electron chi connectivity index (χ4n) is 2.74. The Hall–Kier alpha value is -0.0900. The van der Waals surface area contributed by atoms with Crippen LogP contribution in [-0.4, -0.2) is 32.0 Å². The van der Waals surface area contributed by atoms with Crippen LogP contribution in [0.15, 0.2) is 0 Å². The van der Waals surface area contributed by atoms with Gasteiger partial charge in [-0.05, 0) is 32.2 Å². The molecule has 0 unspecified atom stereocenters. The fraction of sp³-hybridized carbons (Fsp3) is 1.00. The minimum absolute atomic E-state index is 0.0337. The predicted octanol–water partition coefficient (Wildman–Crippen LogP) is 1.49. The van der Waals surface area contributed by atoms with Gasteiger partial charge in [-0.2, -0.15) is 0 Å². The second-order valence-corrected chi connectivity index (χ2v) is 7.21. The highest BCUT2D eigenvalue weighted by Gasteiger charge is 2.30. The van der Waals surface area contributed by atoms with E-state index >= 15 is 0 Å². The van der Waals surface area contributed by atoms with Crippen molar-refractivity contribution < 1.29 is 8.42 Å². The molecule has 0 bridgehead atoms. The van der Waals surface area contributed by atoms with Crippen LogP contribution in [0.2, 0.25) is 0 Å². The fourth-order valence-corrected chi connectivity index (χ4v) is 4.91. The molecule has 1 aliphatic carbocycles. The Balaban J connectivity index is 1.92. The normalized spacial score (nSPS) is 29.5. The highest BCUT2D eigenvalue weighted by molar-refractivity contribution is 7.92. The number of nitrogens with one attached hydrogen (secondary N) is 1. The van der Waals surface area contributed by atoms with E-state index in [1.165, 1.54) is 6.42 Å². The molecule has 4 heteroatoms. The predicted molar refractivity (Wildman–Crippen MR) is 61.7 cm³/mol. The average molecular weight is 231 g/mol. The van der Waals surface area contributed by atoms with Crippen molar-refractivity contribution in [1.82, 2.24) is 5.32 Å². The standard InChI is InChI=1S/C11H21NO2S/c13-15(14,9-10-5-4-8-12-10)11-6-2-1-3-7-11/h10-12H,1-9H2/t10-/m0/s1. The van der Waals surface area contributed by atoms with E-state index < -0.39 is 9.84 Å². The molecule has 0 spiro atoms. The molecule has 1 aliphatic heterocycles. The molecule has 2 aliphatic rings. The molecule has 1 atom stereocenters. The number of rotatable bonds is 3. The maximum atomic E-state index is 12.1. The minimum atomic E-state index is -2.83. The third kappa shape index (κ3) is 2.94. The lowest BCUT2D eigenvalue weighted by Crippen LogP contribution is -2.35. The molecule has 88 valence electrons. The first-order valence-electron chi connectivity index (χ1n) is 6.13. The van der Waals surface area contributed by atoms with Crippen molar-refractivity contribution in [1.29, 1.82) is 0 Å². The summed E-state index contributed by atoms with van der Waals surface area (Å²) < 4.78 is 24.2. The molecule has 3 nitrogen and oxygen atoms in total. The van der Waals surface area contributed by atoms with Gasteiger partial charge in [0.25, 0.3) is 0 Å². The van der Waals surface area contributed by atoms with E-state index in [2.05, 4.69) is 5.32 Å². The lowest BCUT2D eigenvalue weighted by Gasteiger charge is -2.23. The average Bonchev–Trinajstić information content (AvgIpc) is 2.71. The quantitative estimate of drug-likeness (QED) is 0.800. The second-order valence-electron chi connectivity index (χ2n) is 4.88. The third-order valence-corrected chi connectivity index (χ3v) is 6.01. The molecule has 15 heavy (non-hydrogen) atoms. The van der Waals surface area contributed by atoms with Gasteiger partial charge in [0.2, 0.25) is 0 Å². The van der Waals surface area contributed by atoms with E-state index in [-0.39, 0.29) is 11.3 Å². The summed E-state index contributed by atoms with van der Waals surface area (Å²) in [4.78, 5) is 0. The Kier molecular flexibility index (Phi) is 3.67. The third-order valence-electron chi connectivity index (χ3n) is 3.66. The summed E-state index contributed by atoms with van der Waals surface area (Å²) in [6.45, 7) is 0.991. The molecular weight excluding hydrogens is 210 g/mol. The van der Waals surface area contributed by atoms with Gasteiger partial charge in [0.15, 0.2) is 9.84 Å². The Bertz CT molecular complexity index is 288. The van der Waals surface area contributed by atoms with Crippen LogP contribution < -0.4 is 5.32 Å². The Labute approximate surface area is 92.6 Å². The summed E-state index contributed by atoms with van der Waals surface area (Å²) in [6.07, 6.45) is 7.37. The van der Waals surface area contributed by atoms with Crippen LogP contribution in [-0.2, 0) is 9.84 Å². The summed E-state index contributed by atoms with van der Waals surface area (Å²) in [5, 5.41) is 3.24. The maximum absolute atomic E-state index is 12.1. The highest BCUT2D eigenvalue weighted by Crippen LogP contribution is 2.25. The van der Waals surface area contributed by atoms with Crippen molar-refractivity contribution in [2.24, 2.45) is 0 Å². The first-order valence-corrected chi connectivity index (χ1v) is 7.85. The van der Waals surface area contributed by atoms with Gasteiger partial charge < -0.3 is 5.32 Å².